The first-order valence-corrected chi connectivity index (χ1v) is 6.73. The Morgan fingerprint density at radius 1 is 1.24 bits per heavy atom. The van der Waals surface area contributed by atoms with Crippen LogP contribution in [-0.2, 0) is 5.54 Å². The number of rotatable bonds is 4. The summed E-state index contributed by atoms with van der Waals surface area (Å²) in [4.78, 5) is 8.67. The van der Waals surface area contributed by atoms with Gasteiger partial charge in [-0.05, 0) is 25.0 Å². The van der Waals surface area contributed by atoms with Gasteiger partial charge in [0, 0.05) is 23.3 Å². The van der Waals surface area contributed by atoms with Gasteiger partial charge in [0.25, 0.3) is 0 Å². The Morgan fingerprint density at radius 2 is 1.88 bits per heavy atom. The fourth-order valence-electron chi connectivity index (χ4n) is 1.71. The number of hydrogen-bond acceptors (Lipinski definition) is 4. The fraction of sp³-hybridized carbons (Fsp3) is 0.385. The minimum absolute atomic E-state index is 0.282. The molecule has 0 aliphatic heterocycles. The lowest BCUT2D eigenvalue weighted by Gasteiger charge is -2.23. The molecule has 0 spiro atoms. The highest BCUT2D eigenvalue weighted by molar-refractivity contribution is 7.10. The predicted octanol–water partition coefficient (Wildman–Crippen LogP) is 3.18. The molecule has 0 saturated heterocycles. The van der Waals surface area contributed by atoms with Crippen LogP contribution < -0.4 is 5.73 Å². The average Bonchev–Trinajstić information content (AvgIpc) is 2.89. The molecule has 0 fully saturated rings. The van der Waals surface area contributed by atoms with Gasteiger partial charge in [-0.2, -0.15) is 0 Å². The second kappa shape index (κ2) is 4.94. The van der Waals surface area contributed by atoms with Gasteiger partial charge in [0.15, 0.2) is 0 Å². The van der Waals surface area contributed by atoms with E-state index in [1.54, 1.807) is 23.7 Å². The Bertz CT molecular complexity index is 474. The molecule has 2 aromatic heterocycles. The molecule has 0 saturated carbocycles. The van der Waals surface area contributed by atoms with Crippen LogP contribution in [0, 0.1) is 0 Å². The fourth-order valence-corrected chi connectivity index (χ4v) is 2.80. The Kier molecular flexibility index (Phi) is 3.54. The van der Waals surface area contributed by atoms with Crippen molar-refractivity contribution in [1.29, 1.82) is 0 Å². The van der Waals surface area contributed by atoms with E-state index in [1.807, 2.05) is 12.1 Å². The molecule has 2 heterocycles. The second-order valence-electron chi connectivity index (χ2n) is 4.14. The van der Waals surface area contributed by atoms with Gasteiger partial charge in [-0.3, -0.25) is 4.98 Å². The molecule has 2 aromatic rings. The summed E-state index contributed by atoms with van der Waals surface area (Å²) in [6.45, 7) is 4.22. The van der Waals surface area contributed by atoms with E-state index in [0.29, 0.717) is 0 Å². The molecule has 2 rings (SSSR count). The Balaban J connectivity index is 2.34. The average molecular weight is 247 g/mol. The van der Waals surface area contributed by atoms with Gasteiger partial charge in [0.2, 0.25) is 0 Å². The Hall–Kier alpha value is -1.26. The molecule has 4 heteroatoms. The van der Waals surface area contributed by atoms with Gasteiger partial charge in [0.1, 0.15) is 5.01 Å². The maximum absolute atomic E-state index is 6.34. The third-order valence-electron chi connectivity index (χ3n) is 3.17. The lowest BCUT2D eigenvalue weighted by Crippen LogP contribution is -2.34. The van der Waals surface area contributed by atoms with E-state index in [0.717, 1.165) is 29.1 Å². The lowest BCUT2D eigenvalue weighted by atomic mass is 9.95. The third kappa shape index (κ3) is 2.37. The number of nitrogens with two attached hydrogens (primary N) is 1. The smallest absolute Gasteiger partial charge is 0.113 e. The molecule has 2 N–H and O–H groups in total. The number of aromatic nitrogens is 2. The van der Waals surface area contributed by atoms with Crippen LogP contribution in [0.5, 0.6) is 0 Å². The summed E-state index contributed by atoms with van der Waals surface area (Å²) in [7, 11) is 0. The van der Waals surface area contributed by atoms with Crippen molar-refractivity contribution < 1.29 is 0 Å². The summed E-state index contributed by atoms with van der Waals surface area (Å²) in [6, 6.07) is 3.93. The molecule has 0 amide bonds. The molecule has 0 bridgehead atoms. The van der Waals surface area contributed by atoms with E-state index in [-0.39, 0.29) is 5.54 Å². The van der Waals surface area contributed by atoms with E-state index >= 15 is 0 Å². The number of pyridine rings is 1. The third-order valence-corrected chi connectivity index (χ3v) is 4.23. The van der Waals surface area contributed by atoms with Crippen molar-refractivity contribution in [3.8, 4) is 11.3 Å². The topological polar surface area (TPSA) is 51.8 Å². The lowest BCUT2D eigenvalue weighted by molar-refractivity contribution is 0.411. The molecule has 90 valence electrons. The largest absolute Gasteiger partial charge is 0.319 e. The molecule has 17 heavy (non-hydrogen) atoms. The molecule has 0 atom stereocenters. The first-order chi connectivity index (χ1) is 8.19. The summed E-state index contributed by atoms with van der Waals surface area (Å²) >= 11 is 1.64. The molecule has 0 radical (unpaired) electrons. The van der Waals surface area contributed by atoms with E-state index in [4.69, 9.17) is 5.73 Å². The summed E-state index contributed by atoms with van der Waals surface area (Å²) in [6.07, 6.45) is 5.38. The van der Waals surface area contributed by atoms with Crippen molar-refractivity contribution in [2.75, 3.05) is 0 Å². The maximum atomic E-state index is 6.34. The van der Waals surface area contributed by atoms with Gasteiger partial charge in [0.05, 0.1) is 11.2 Å². The predicted molar refractivity (Wildman–Crippen MR) is 71.8 cm³/mol. The van der Waals surface area contributed by atoms with Gasteiger partial charge in [-0.25, -0.2) is 4.98 Å². The molecule has 0 aromatic carbocycles. The number of thiazole rings is 1. The van der Waals surface area contributed by atoms with E-state index < -0.39 is 0 Å². The summed E-state index contributed by atoms with van der Waals surface area (Å²) < 4.78 is 0. The van der Waals surface area contributed by atoms with Crippen LogP contribution in [0.2, 0.25) is 0 Å². The summed E-state index contributed by atoms with van der Waals surface area (Å²) in [5, 5.41) is 3.09. The van der Waals surface area contributed by atoms with Crippen LogP contribution >= 0.6 is 11.3 Å². The van der Waals surface area contributed by atoms with Crippen LogP contribution in [0.3, 0.4) is 0 Å². The SMILES string of the molecule is CCC(N)(CC)c1nc(-c2ccncc2)cs1. The van der Waals surface area contributed by atoms with Crippen molar-refractivity contribution in [3.05, 3.63) is 34.9 Å². The highest BCUT2D eigenvalue weighted by Crippen LogP contribution is 2.31. The zero-order valence-corrected chi connectivity index (χ0v) is 11.0. The summed E-state index contributed by atoms with van der Waals surface area (Å²) in [5.41, 5.74) is 8.15. The van der Waals surface area contributed by atoms with Gasteiger partial charge >= 0.3 is 0 Å². The van der Waals surface area contributed by atoms with E-state index in [9.17, 15) is 0 Å². The minimum Gasteiger partial charge on any atom is -0.319 e. The normalized spacial score (nSPS) is 11.7. The minimum atomic E-state index is -0.282. The number of nitrogens with zero attached hydrogens (tertiary/aromatic N) is 2. The van der Waals surface area contributed by atoms with Crippen molar-refractivity contribution in [3.63, 3.8) is 0 Å². The van der Waals surface area contributed by atoms with Crippen molar-refractivity contribution in [2.45, 2.75) is 32.2 Å². The van der Waals surface area contributed by atoms with E-state index in [2.05, 4.69) is 29.2 Å². The van der Waals surface area contributed by atoms with Gasteiger partial charge < -0.3 is 5.73 Å². The highest BCUT2D eigenvalue weighted by Gasteiger charge is 2.26. The number of hydrogen-bond donors (Lipinski definition) is 1. The van der Waals surface area contributed by atoms with Crippen LogP contribution in [0.1, 0.15) is 31.7 Å². The Labute approximate surface area is 106 Å². The van der Waals surface area contributed by atoms with Crippen molar-refractivity contribution in [2.24, 2.45) is 5.73 Å². The van der Waals surface area contributed by atoms with Crippen LogP contribution in [0.4, 0.5) is 0 Å². The first-order valence-electron chi connectivity index (χ1n) is 5.85. The van der Waals surface area contributed by atoms with Crippen molar-refractivity contribution >= 4 is 11.3 Å². The standard InChI is InChI=1S/C13H17N3S/c1-3-13(14,4-2)12-16-11(9-17-12)10-5-7-15-8-6-10/h5-9H,3-4,14H2,1-2H3. The van der Waals surface area contributed by atoms with Crippen LogP contribution in [0.25, 0.3) is 11.3 Å². The maximum Gasteiger partial charge on any atom is 0.113 e. The van der Waals surface area contributed by atoms with E-state index in [1.165, 1.54) is 0 Å². The summed E-state index contributed by atoms with van der Waals surface area (Å²) in [5.74, 6) is 0. The van der Waals surface area contributed by atoms with Crippen LogP contribution in [-0.4, -0.2) is 9.97 Å². The van der Waals surface area contributed by atoms with Gasteiger partial charge in [-0.15, -0.1) is 11.3 Å². The van der Waals surface area contributed by atoms with Gasteiger partial charge in [-0.1, -0.05) is 13.8 Å². The van der Waals surface area contributed by atoms with Crippen molar-refractivity contribution in [1.82, 2.24) is 9.97 Å². The molecule has 0 aliphatic rings. The molecular formula is C13H17N3S. The highest BCUT2D eigenvalue weighted by atomic mass is 32.1. The zero-order valence-electron chi connectivity index (χ0n) is 10.2. The second-order valence-corrected chi connectivity index (χ2v) is 5.00. The molecular weight excluding hydrogens is 230 g/mol. The molecule has 0 unspecified atom stereocenters. The first kappa shape index (κ1) is 12.2. The quantitative estimate of drug-likeness (QED) is 0.902. The van der Waals surface area contributed by atoms with Crippen LogP contribution in [0.15, 0.2) is 29.9 Å². The Morgan fingerprint density at radius 3 is 2.47 bits per heavy atom. The zero-order chi connectivity index (χ0) is 12.3. The monoisotopic (exact) mass is 247 g/mol. The molecule has 3 nitrogen and oxygen atoms in total. The molecule has 0 aliphatic carbocycles.